The number of aliphatic imine (C=N–C) groups is 1. The fraction of sp³-hybridized carbons (Fsp3) is 0.467. The fourth-order valence-electron chi connectivity index (χ4n) is 2.54. The Labute approximate surface area is 118 Å². The van der Waals surface area contributed by atoms with Gasteiger partial charge in [-0.1, -0.05) is 25.3 Å². The SMILES string of the molecule is C#C/N=C1/C(C(=O)N[C@H]2CCCC[C@@H]2O)=CN/C1=C/C. The molecule has 1 aliphatic heterocycles. The number of hydrogen-bond acceptors (Lipinski definition) is 4. The first kappa shape index (κ1) is 14.4. The summed E-state index contributed by atoms with van der Waals surface area (Å²) >= 11 is 0. The maximum atomic E-state index is 12.3. The van der Waals surface area contributed by atoms with E-state index in [0.717, 1.165) is 31.4 Å². The Kier molecular flexibility index (Phi) is 4.59. The van der Waals surface area contributed by atoms with Gasteiger partial charge in [0, 0.05) is 12.2 Å². The van der Waals surface area contributed by atoms with Gasteiger partial charge in [0.1, 0.15) is 5.71 Å². The predicted molar refractivity (Wildman–Crippen MR) is 77.6 cm³/mol. The number of nitrogens with one attached hydrogen (secondary N) is 2. The van der Waals surface area contributed by atoms with Crippen LogP contribution in [0.25, 0.3) is 0 Å². The van der Waals surface area contributed by atoms with Crippen molar-refractivity contribution in [2.45, 2.75) is 44.8 Å². The minimum atomic E-state index is -0.475. The van der Waals surface area contributed by atoms with Crippen LogP contribution in [0, 0.1) is 12.5 Å². The molecule has 1 fully saturated rings. The molecule has 0 aromatic heterocycles. The van der Waals surface area contributed by atoms with Gasteiger partial charge < -0.3 is 15.7 Å². The highest BCUT2D eigenvalue weighted by atomic mass is 16.3. The van der Waals surface area contributed by atoms with Crippen molar-refractivity contribution in [1.29, 1.82) is 0 Å². The molecule has 0 saturated heterocycles. The number of carbonyl (C=O) groups is 1. The van der Waals surface area contributed by atoms with Gasteiger partial charge in [-0.3, -0.25) is 4.79 Å². The van der Waals surface area contributed by atoms with Crippen LogP contribution < -0.4 is 10.6 Å². The number of amides is 1. The molecule has 0 spiro atoms. The van der Waals surface area contributed by atoms with Crippen molar-refractivity contribution in [2.24, 2.45) is 4.99 Å². The lowest BCUT2D eigenvalue weighted by Gasteiger charge is -2.28. The van der Waals surface area contributed by atoms with Crippen molar-refractivity contribution in [3.63, 3.8) is 0 Å². The number of aliphatic hydroxyl groups excluding tert-OH is 1. The van der Waals surface area contributed by atoms with Crippen LogP contribution in [-0.4, -0.2) is 28.9 Å². The normalized spacial score (nSPS) is 29.8. The molecule has 0 radical (unpaired) electrons. The van der Waals surface area contributed by atoms with E-state index in [1.54, 1.807) is 6.20 Å². The summed E-state index contributed by atoms with van der Waals surface area (Å²) in [5.74, 6) is -0.255. The molecule has 106 valence electrons. The molecule has 1 saturated carbocycles. The van der Waals surface area contributed by atoms with Gasteiger partial charge in [-0.05, 0) is 19.8 Å². The third kappa shape index (κ3) is 2.91. The Balaban J connectivity index is 2.09. The topological polar surface area (TPSA) is 73.7 Å². The van der Waals surface area contributed by atoms with E-state index in [2.05, 4.69) is 21.7 Å². The molecule has 0 aromatic carbocycles. The van der Waals surface area contributed by atoms with Gasteiger partial charge >= 0.3 is 0 Å². The molecule has 3 N–H and O–H groups in total. The van der Waals surface area contributed by atoms with Crippen LogP contribution in [-0.2, 0) is 4.79 Å². The van der Waals surface area contributed by atoms with Crippen molar-refractivity contribution >= 4 is 11.6 Å². The average Bonchev–Trinajstić information content (AvgIpc) is 2.85. The number of terminal acetylenes is 1. The minimum Gasteiger partial charge on any atom is -0.391 e. The summed E-state index contributed by atoms with van der Waals surface area (Å²) < 4.78 is 0. The second-order valence-corrected chi connectivity index (χ2v) is 4.93. The van der Waals surface area contributed by atoms with Crippen LogP contribution in [0.1, 0.15) is 32.6 Å². The van der Waals surface area contributed by atoms with Gasteiger partial charge in [-0.2, -0.15) is 4.99 Å². The Bertz CT molecular complexity index is 526. The first-order valence-electron chi connectivity index (χ1n) is 6.83. The number of allylic oxidation sites excluding steroid dienone is 2. The highest BCUT2D eigenvalue weighted by Crippen LogP contribution is 2.20. The molecule has 0 aromatic rings. The minimum absolute atomic E-state index is 0.195. The van der Waals surface area contributed by atoms with E-state index in [4.69, 9.17) is 6.42 Å². The summed E-state index contributed by atoms with van der Waals surface area (Å²) in [4.78, 5) is 16.2. The van der Waals surface area contributed by atoms with Crippen molar-refractivity contribution in [2.75, 3.05) is 0 Å². The second-order valence-electron chi connectivity index (χ2n) is 4.93. The van der Waals surface area contributed by atoms with Crippen LogP contribution in [0.4, 0.5) is 0 Å². The van der Waals surface area contributed by atoms with Crippen LogP contribution >= 0.6 is 0 Å². The van der Waals surface area contributed by atoms with Crippen LogP contribution in [0.15, 0.2) is 28.5 Å². The van der Waals surface area contributed by atoms with Crippen LogP contribution in [0.2, 0.25) is 0 Å². The van der Waals surface area contributed by atoms with E-state index in [1.807, 2.05) is 13.0 Å². The number of hydrogen-bond donors (Lipinski definition) is 3. The third-order valence-corrected chi connectivity index (χ3v) is 3.64. The first-order valence-corrected chi connectivity index (χ1v) is 6.83. The summed E-state index contributed by atoms with van der Waals surface area (Å²) in [6.45, 7) is 1.84. The highest BCUT2D eigenvalue weighted by molar-refractivity contribution is 6.29. The average molecular weight is 273 g/mol. The van der Waals surface area contributed by atoms with Gasteiger partial charge in [-0.15, -0.1) is 0 Å². The Morgan fingerprint density at radius 2 is 2.35 bits per heavy atom. The molecule has 1 amide bonds. The number of rotatable bonds is 2. The van der Waals surface area contributed by atoms with E-state index >= 15 is 0 Å². The Morgan fingerprint density at radius 1 is 1.60 bits per heavy atom. The second kappa shape index (κ2) is 6.40. The molecule has 2 aliphatic rings. The molecular weight excluding hydrogens is 254 g/mol. The van der Waals surface area contributed by atoms with Gasteiger partial charge in [0.05, 0.1) is 23.4 Å². The highest BCUT2D eigenvalue weighted by Gasteiger charge is 2.29. The molecule has 2 rings (SSSR count). The molecule has 5 nitrogen and oxygen atoms in total. The summed E-state index contributed by atoms with van der Waals surface area (Å²) in [6, 6.07) is 2.01. The maximum Gasteiger partial charge on any atom is 0.255 e. The Morgan fingerprint density at radius 3 is 3.00 bits per heavy atom. The molecule has 0 bridgehead atoms. The zero-order valence-electron chi connectivity index (χ0n) is 11.5. The molecule has 5 heteroatoms. The summed E-state index contributed by atoms with van der Waals surface area (Å²) in [5, 5.41) is 15.7. The smallest absolute Gasteiger partial charge is 0.255 e. The van der Waals surface area contributed by atoms with Gasteiger partial charge in [0.2, 0.25) is 0 Å². The lowest BCUT2D eigenvalue weighted by molar-refractivity contribution is -0.118. The van der Waals surface area contributed by atoms with Gasteiger partial charge in [0.25, 0.3) is 5.91 Å². The van der Waals surface area contributed by atoms with Crippen molar-refractivity contribution in [3.05, 3.63) is 23.5 Å². The molecule has 1 heterocycles. The van der Waals surface area contributed by atoms with E-state index in [0.29, 0.717) is 11.3 Å². The molecule has 0 unspecified atom stereocenters. The first-order chi connectivity index (χ1) is 9.67. The molecular formula is C15H19N3O2. The zero-order chi connectivity index (χ0) is 14.5. The standard InChI is InChI=1S/C15H19N3O2/c1-3-11-14(16-4-2)10(9-17-11)15(20)18-12-7-5-6-8-13(12)19/h2-3,9,12-13,17,19H,5-8H2,1H3,(H,18,20)/b11-3+,16-14-/t12-,13-/m0/s1. The van der Waals surface area contributed by atoms with Gasteiger partial charge in [-0.25, -0.2) is 0 Å². The number of nitrogens with zero attached hydrogens (tertiary/aromatic N) is 1. The van der Waals surface area contributed by atoms with Crippen LogP contribution in [0.3, 0.4) is 0 Å². The van der Waals surface area contributed by atoms with Gasteiger partial charge in [0.15, 0.2) is 0 Å². The predicted octanol–water partition coefficient (Wildman–Crippen LogP) is 0.829. The third-order valence-electron chi connectivity index (χ3n) is 3.64. The summed E-state index contributed by atoms with van der Waals surface area (Å²) in [7, 11) is 0. The Hall–Kier alpha value is -2.06. The van der Waals surface area contributed by atoms with E-state index in [1.165, 1.54) is 0 Å². The molecule has 1 aliphatic carbocycles. The van der Waals surface area contributed by atoms with Crippen molar-refractivity contribution < 1.29 is 9.90 Å². The molecule has 20 heavy (non-hydrogen) atoms. The monoisotopic (exact) mass is 273 g/mol. The quantitative estimate of drug-likeness (QED) is 0.652. The van der Waals surface area contributed by atoms with Crippen molar-refractivity contribution in [3.8, 4) is 12.5 Å². The maximum absolute atomic E-state index is 12.3. The van der Waals surface area contributed by atoms with E-state index in [9.17, 15) is 9.90 Å². The molecule has 2 atom stereocenters. The van der Waals surface area contributed by atoms with E-state index < -0.39 is 6.10 Å². The zero-order valence-corrected chi connectivity index (χ0v) is 11.5. The van der Waals surface area contributed by atoms with Crippen LogP contribution in [0.5, 0.6) is 0 Å². The summed E-state index contributed by atoms with van der Waals surface area (Å²) in [5.41, 5.74) is 1.60. The lowest BCUT2D eigenvalue weighted by atomic mass is 9.92. The van der Waals surface area contributed by atoms with Crippen molar-refractivity contribution in [1.82, 2.24) is 10.6 Å². The number of carbonyl (C=O) groups excluding carboxylic acids is 1. The lowest BCUT2D eigenvalue weighted by Crippen LogP contribution is -2.46. The fourth-order valence-corrected chi connectivity index (χ4v) is 2.54. The largest absolute Gasteiger partial charge is 0.391 e. The van der Waals surface area contributed by atoms with E-state index in [-0.39, 0.29) is 11.9 Å². The summed E-state index contributed by atoms with van der Waals surface area (Å²) in [6.07, 6.45) is 11.7. The number of aliphatic hydroxyl groups is 1.